The Kier molecular flexibility index (Phi) is 5.72. The van der Waals surface area contributed by atoms with Gasteiger partial charge in [-0.2, -0.15) is 0 Å². The molecule has 26 heavy (non-hydrogen) atoms. The molecular formula is C20H22O5Se. The van der Waals surface area contributed by atoms with Crippen LogP contribution >= 0.6 is 0 Å². The molecule has 4 rings (SSSR count). The van der Waals surface area contributed by atoms with Crippen molar-refractivity contribution in [3.8, 4) is 0 Å². The van der Waals surface area contributed by atoms with Crippen molar-refractivity contribution >= 4 is 19.4 Å². The van der Waals surface area contributed by atoms with Gasteiger partial charge in [-0.15, -0.1) is 0 Å². The van der Waals surface area contributed by atoms with Crippen LogP contribution in [-0.4, -0.2) is 63.2 Å². The van der Waals surface area contributed by atoms with Gasteiger partial charge >= 0.3 is 159 Å². The second-order valence-electron chi connectivity index (χ2n) is 6.34. The van der Waals surface area contributed by atoms with Gasteiger partial charge in [0.2, 0.25) is 0 Å². The molecule has 2 aliphatic rings. The first kappa shape index (κ1) is 18.1. The van der Waals surface area contributed by atoms with E-state index in [9.17, 15) is 5.11 Å². The fraction of sp³-hybridized carbons (Fsp3) is 0.400. The first-order chi connectivity index (χ1) is 12.8. The first-order valence-electron chi connectivity index (χ1n) is 8.66. The normalized spacial score (nSPS) is 34.2. The Morgan fingerprint density at radius 2 is 1.69 bits per heavy atom. The molecule has 2 saturated heterocycles. The van der Waals surface area contributed by atoms with Gasteiger partial charge in [0.05, 0.1) is 0 Å². The molecule has 0 radical (unpaired) electrons. The van der Waals surface area contributed by atoms with Gasteiger partial charge in [0, 0.05) is 0 Å². The molecule has 0 aliphatic carbocycles. The summed E-state index contributed by atoms with van der Waals surface area (Å²) in [5, 5.41) is 10.5. The topological polar surface area (TPSA) is 57.2 Å². The van der Waals surface area contributed by atoms with Crippen molar-refractivity contribution in [2.75, 3.05) is 13.7 Å². The maximum absolute atomic E-state index is 10.8. The SMILES string of the molecule is CO[C@@H]1C(O)[C@H]([Se]c2ccccc2)OC2COC(c3ccccc3)O[C@@H]21. The Bertz CT molecular complexity index is 698. The molecule has 2 aromatic rings. The summed E-state index contributed by atoms with van der Waals surface area (Å²) >= 11 is -0.0291. The Hall–Kier alpha value is -1.24. The summed E-state index contributed by atoms with van der Waals surface area (Å²) in [4.78, 5) is 0. The molecule has 0 bridgehead atoms. The molecule has 6 atom stereocenters. The van der Waals surface area contributed by atoms with Crippen LogP contribution in [0.1, 0.15) is 11.9 Å². The van der Waals surface area contributed by atoms with Gasteiger partial charge in [0.15, 0.2) is 0 Å². The summed E-state index contributed by atoms with van der Waals surface area (Å²) in [6.45, 7) is 0.415. The minimum atomic E-state index is -0.740. The van der Waals surface area contributed by atoms with Gasteiger partial charge in [-0.25, -0.2) is 0 Å². The number of aliphatic hydroxyl groups is 1. The third-order valence-corrected chi connectivity index (χ3v) is 7.09. The number of rotatable bonds is 4. The van der Waals surface area contributed by atoms with E-state index in [4.69, 9.17) is 18.9 Å². The second kappa shape index (κ2) is 8.19. The number of aliphatic hydroxyl groups excluding tert-OH is 1. The van der Waals surface area contributed by atoms with Crippen LogP contribution in [0.5, 0.6) is 0 Å². The van der Waals surface area contributed by atoms with Crippen LogP contribution in [0.4, 0.5) is 0 Å². The van der Waals surface area contributed by atoms with Gasteiger partial charge in [0.1, 0.15) is 0 Å². The molecule has 2 fully saturated rings. The van der Waals surface area contributed by atoms with Crippen molar-refractivity contribution < 1.29 is 24.1 Å². The number of hydrogen-bond donors (Lipinski definition) is 1. The van der Waals surface area contributed by atoms with Crippen molar-refractivity contribution in [1.82, 2.24) is 0 Å². The van der Waals surface area contributed by atoms with E-state index in [1.807, 2.05) is 48.5 Å². The predicted molar refractivity (Wildman–Crippen MR) is 97.3 cm³/mol. The van der Waals surface area contributed by atoms with E-state index >= 15 is 0 Å². The number of benzene rings is 2. The van der Waals surface area contributed by atoms with Crippen molar-refractivity contribution in [1.29, 1.82) is 0 Å². The van der Waals surface area contributed by atoms with E-state index in [0.29, 0.717) is 6.61 Å². The van der Waals surface area contributed by atoms with Gasteiger partial charge in [0.25, 0.3) is 0 Å². The Morgan fingerprint density at radius 3 is 2.38 bits per heavy atom. The third kappa shape index (κ3) is 3.73. The van der Waals surface area contributed by atoms with Gasteiger partial charge < -0.3 is 0 Å². The molecule has 138 valence electrons. The number of hydrogen-bond acceptors (Lipinski definition) is 5. The van der Waals surface area contributed by atoms with E-state index in [1.165, 1.54) is 4.46 Å². The number of ether oxygens (including phenoxy) is 4. The number of methoxy groups -OCH3 is 1. The molecule has 0 saturated carbocycles. The predicted octanol–water partition coefficient (Wildman–Crippen LogP) is 1.23. The molecule has 3 unspecified atom stereocenters. The molecule has 5 nitrogen and oxygen atoms in total. The Balaban J connectivity index is 1.49. The van der Waals surface area contributed by atoms with E-state index in [-0.39, 0.29) is 32.2 Å². The van der Waals surface area contributed by atoms with Crippen LogP contribution in [0.2, 0.25) is 0 Å². The zero-order chi connectivity index (χ0) is 17.9. The summed E-state index contributed by atoms with van der Waals surface area (Å²) in [5.41, 5.74) is 0.950. The van der Waals surface area contributed by atoms with Gasteiger partial charge in [-0.3, -0.25) is 0 Å². The quantitative estimate of drug-likeness (QED) is 0.753. The first-order valence-corrected chi connectivity index (χ1v) is 10.5. The monoisotopic (exact) mass is 422 g/mol. The van der Waals surface area contributed by atoms with Gasteiger partial charge in [-0.05, 0) is 0 Å². The molecule has 0 aromatic heterocycles. The van der Waals surface area contributed by atoms with Crippen molar-refractivity contribution in [3.63, 3.8) is 0 Å². The molecule has 2 aliphatic heterocycles. The molecule has 0 amide bonds. The van der Waals surface area contributed by atoms with Crippen LogP contribution in [0.15, 0.2) is 60.7 Å². The average Bonchev–Trinajstić information content (AvgIpc) is 2.70. The second-order valence-corrected chi connectivity index (χ2v) is 8.80. The van der Waals surface area contributed by atoms with Crippen LogP contribution in [-0.2, 0) is 18.9 Å². The summed E-state index contributed by atoms with van der Waals surface area (Å²) in [6.07, 6.45) is -2.27. The Morgan fingerprint density at radius 1 is 1.00 bits per heavy atom. The van der Waals surface area contributed by atoms with Gasteiger partial charge in [-0.1, -0.05) is 0 Å². The molecule has 0 spiro atoms. The zero-order valence-corrected chi connectivity index (χ0v) is 16.1. The molecule has 2 aromatic carbocycles. The van der Waals surface area contributed by atoms with Crippen LogP contribution < -0.4 is 4.46 Å². The third-order valence-electron chi connectivity index (χ3n) is 4.65. The zero-order valence-electron chi connectivity index (χ0n) is 14.4. The average molecular weight is 421 g/mol. The van der Waals surface area contributed by atoms with E-state index < -0.39 is 18.5 Å². The van der Waals surface area contributed by atoms with Crippen LogP contribution in [0.3, 0.4) is 0 Å². The maximum atomic E-state index is 10.8. The summed E-state index contributed by atoms with van der Waals surface area (Å²) in [5.74, 6) is 0. The molecule has 6 heteroatoms. The molecule has 2 heterocycles. The molecule has 1 N–H and O–H groups in total. The Labute approximate surface area is 159 Å². The van der Waals surface area contributed by atoms with Crippen LogP contribution in [0.25, 0.3) is 0 Å². The van der Waals surface area contributed by atoms with E-state index in [2.05, 4.69) is 12.1 Å². The summed E-state index contributed by atoms with van der Waals surface area (Å²) in [6, 6.07) is 19.9. The standard InChI is InChI=1S/C20H22O5Se/c1-22-18-16(21)20(26-14-10-6-3-7-11-14)24-15-12-23-19(25-17(15)18)13-8-4-2-5-9-13/h2-11,15-21H,12H2,1H3/t15?,16?,17-,18+,19?,20-/m0/s1. The van der Waals surface area contributed by atoms with Crippen molar-refractivity contribution in [2.45, 2.75) is 35.7 Å². The van der Waals surface area contributed by atoms with E-state index in [1.54, 1.807) is 7.11 Å². The van der Waals surface area contributed by atoms with Crippen molar-refractivity contribution in [3.05, 3.63) is 66.2 Å². The van der Waals surface area contributed by atoms with Crippen molar-refractivity contribution in [2.24, 2.45) is 0 Å². The fourth-order valence-electron chi connectivity index (χ4n) is 3.34. The van der Waals surface area contributed by atoms with Crippen LogP contribution in [0, 0.1) is 0 Å². The summed E-state index contributed by atoms with van der Waals surface area (Å²) in [7, 11) is 1.61. The summed E-state index contributed by atoms with van der Waals surface area (Å²) < 4.78 is 25.0. The molecular weight excluding hydrogens is 399 g/mol. The minimum absolute atomic E-state index is 0.0291. The fourth-order valence-corrected chi connectivity index (χ4v) is 5.60. The van der Waals surface area contributed by atoms with E-state index in [0.717, 1.165) is 5.56 Å². The number of fused-ring (bicyclic) bond motifs is 1.